The van der Waals surface area contributed by atoms with Gasteiger partial charge >= 0.3 is 6.09 Å². The molecule has 0 aliphatic carbocycles. The molecule has 0 bridgehead atoms. The van der Waals surface area contributed by atoms with E-state index in [0.717, 1.165) is 26.3 Å². The van der Waals surface area contributed by atoms with Gasteiger partial charge in [0.05, 0.1) is 11.6 Å². The lowest BCUT2D eigenvalue weighted by molar-refractivity contribution is 0.183. The molecule has 0 unspecified atom stereocenters. The van der Waals surface area contributed by atoms with Crippen LogP contribution < -0.4 is 10.9 Å². The fourth-order valence-electron chi connectivity index (χ4n) is 4.00. The van der Waals surface area contributed by atoms with Crippen LogP contribution in [0.5, 0.6) is 0 Å². The molecule has 0 atom stereocenters. The second kappa shape index (κ2) is 9.26. The second-order valence-electron chi connectivity index (χ2n) is 8.21. The van der Waals surface area contributed by atoms with Crippen LogP contribution in [-0.2, 0) is 30.2 Å². The van der Waals surface area contributed by atoms with Crippen LogP contribution in [0, 0.1) is 0 Å². The lowest BCUT2D eigenvalue weighted by Gasteiger charge is -2.32. The number of carboxylic acid groups (broad SMARTS) is 1. The summed E-state index contributed by atoms with van der Waals surface area (Å²) in [6.45, 7) is 3.14. The third-order valence-corrected chi connectivity index (χ3v) is 8.25. The molecule has 1 aliphatic heterocycles. The van der Waals surface area contributed by atoms with Crippen molar-refractivity contribution in [2.45, 2.75) is 13.1 Å². The average Bonchev–Trinajstić information content (AvgIpc) is 3.19. The van der Waals surface area contributed by atoms with Crippen LogP contribution in [0.3, 0.4) is 0 Å². The number of rotatable bonds is 6. The fourth-order valence-corrected chi connectivity index (χ4v) is 6.05. The van der Waals surface area contributed by atoms with E-state index in [1.54, 1.807) is 23.0 Å². The molecule has 33 heavy (non-hydrogen) atoms. The van der Waals surface area contributed by atoms with Crippen LogP contribution >= 0.6 is 11.3 Å². The molecular formula is C22H26N4O5S2. The standard InChI is InChI=1S/C22H26N4O5S2/c1-24-14-19(16-5-3-15(4-6-16)12-23-22(28)29)20-18(21(24)27)11-17(32-20)13-25-7-9-26(10-8-25)33(2,30)31/h3-6,11,14,23H,7-10,12-13H2,1-2H3,(H,28,29). The van der Waals surface area contributed by atoms with E-state index in [4.69, 9.17) is 5.11 Å². The van der Waals surface area contributed by atoms with Crippen LogP contribution in [0.2, 0.25) is 0 Å². The number of benzene rings is 1. The van der Waals surface area contributed by atoms with Crippen molar-refractivity contribution in [1.82, 2.24) is 19.1 Å². The van der Waals surface area contributed by atoms with Crippen molar-refractivity contribution in [3.05, 3.63) is 57.3 Å². The minimum Gasteiger partial charge on any atom is -0.465 e. The van der Waals surface area contributed by atoms with Crippen molar-refractivity contribution in [1.29, 1.82) is 0 Å². The average molecular weight is 491 g/mol. The number of nitrogens with zero attached hydrogens (tertiary/aromatic N) is 3. The van der Waals surface area contributed by atoms with Gasteiger partial charge in [-0.15, -0.1) is 11.3 Å². The summed E-state index contributed by atoms with van der Waals surface area (Å²) in [6, 6.07) is 9.56. The number of fused-ring (bicyclic) bond motifs is 1. The first-order valence-corrected chi connectivity index (χ1v) is 13.1. The Morgan fingerprint density at radius 3 is 2.42 bits per heavy atom. The number of pyridine rings is 1. The number of thiophene rings is 1. The predicted octanol–water partition coefficient (Wildman–Crippen LogP) is 2.11. The summed E-state index contributed by atoms with van der Waals surface area (Å²) in [5.74, 6) is 0. The van der Waals surface area contributed by atoms with Gasteiger partial charge in [-0.3, -0.25) is 9.69 Å². The quantitative estimate of drug-likeness (QED) is 0.547. The summed E-state index contributed by atoms with van der Waals surface area (Å²) in [7, 11) is -1.43. The highest BCUT2D eigenvalue weighted by atomic mass is 32.2. The SMILES string of the molecule is Cn1cc(-c2ccc(CNC(=O)O)cc2)c2sc(CN3CCN(S(C)(=O)=O)CC3)cc2c1=O. The van der Waals surface area contributed by atoms with E-state index in [2.05, 4.69) is 10.2 Å². The Labute approximate surface area is 195 Å². The molecule has 9 nitrogen and oxygen atoms in total. The minimum atomic E-state index is -3.17. The van der Waals surface area contributed by atoms with Gasteiger partial charge in [0, 0.05) is 67.7 Å². The Bertz CT molecular complexity index is 1340. The van der Waals surface area contributed by atoms with Crippen LogP contribution in [0.1, 0.15) is 10.4 Å². The third-order valence-electron chi connectivity index (χ3n) is 5.79. The van der Waals surface area contributed by atoms with Crippen LogP contribution in [0.25, 0.3) is 21.2 Å². The van der Waals surface area contributed by atoms with Crippen molar-refractivity contribution >= 4 is 37.5 Å². The summed E-state index contributed by atoms with van der Waals surface area (Å²) in [5, 5.41) is 11.8. The second-order valence-corrected chi connectivity index (χ2v) is 11.3. The molecule has 1 aromatic carbocycles. The van der Waals surface area contributed by atoms with Gasteiger partial charge < -0.3 is 15.0 Å². The van der Waals surface area contributed by atoms with Crippen molar-refractivity contribution in [2.24, 2.45) is 7.05 Å². The smallest absolute Gasteiger partial charge is 0.404 e. The van der Waals surface area contributed by atoms with E-state index < -0.39 is 16.1 Å². The lowest BCUT2D eigenvalue weighted by Crippen LogP contribution is -2.47. The van der Waals surface area contributed by atoms with E-state index in [0.29, 0.717) is 38.1 Å². The van der Waals surface area contributed by atoms with Crippen molar-refractivity contribution in [2.75, 3.05) is 32.4 Å². The van der Waals surface area contributed by atoms with E-state index in [9.17, 15) is 18.0 Å². The Morgan fingerprint density at radius 1 is 1.15 bits per heavy atom. The fraction of sp³-hybridized carbons (Fsp3) is 0.364. The predicted molar refractivity (Wildman–Crippen MR) is 129 cm³/mol. The molecule has 176 valence electrons. The summed E-state index contributed by atoms with van der Waals surface area (Å²) >= 11 is 1.58. The maximum Gasteiger partial charge on any atom is 0.404 e. The topological polar surface area (TPSA) is 112 Å². The van der Waals surface area contributed by atoms with Gasteiger partial charge in [0.2, 0.25) is 10.0 Å². The molecule has 3 heterocycles. The zero-order valence-electron chi connectivity index (χ0n) is 18.4. The number of carbonyl (C=O) groups is 1. The molecule has 2 N–H and O–H groups in total. The number of aryl methyl sites for hydroxylation is 1. The van der Waals surface area contributed by atoms with Crippen LogP contribution in [0.4, 0.5) is 4.79 Å². The van der Waals surface area contributed by atoms with Gasteiger partial charge in [0.25, 0.3) is 5.56 Å². The summed E-state index contributed by atoms with van der Waals surface area (Å²) in [4.78, 5) is 26.8. The number of piperazine rings is 1. The molecule has 0 spiro atoms. The molecule has 11 heteroatoms. The number of amides is 1. The molecule has 4 rings (SSSR count). The van der Waals surface area contributed by atoms with Crippen molar-refractivity contribution in [3.63, 3.8) is 0 Å². The number of sulfonamides is 1. The normalized spacial score (nSPS) is 15.7. The van der Waals surface area contributed by atoms with Gasteiger partial charge in [-0.2, -0.15) is 4.31 Å². The molecule has 1 fully saturated rings. The Kier molecular flexibility index (Phi) is 6.57. The summed E-state index contributed by atoms with van der Waals surface area (Å²) in [5.41, 5.74) is 2.69. The first kappa shape index (κ1) is 23.4. The van der Waals surface area contributed by atoms with E-state index in [1.807, 2.05) is 36.5 Å². The maximum atomic E-state index is 12.8. The Hall–Kier alpha value is -2.73. The maximum absolute atomic E-state index is 12.8. The van der Waals surface area contributed by atoms with E-state index >= 15 is 0 Å². The monoisotopic (exact) mass is 490 g/mol. The lowest BCUT2D eigenvalue weighted by atomic mass is 10.0. The largest absolute Gasteiger partial charge is 0.465 e. The number of hydrogen-bond donors (Lipinski definition) is 2. The molecule has 0 radical (unpaired) electrons. The highest BCUT2D eigenvalue weighted by Gasteiger charge is 2.24. The Balaban J connectivity index is 1.59. The van der Waals surface area contributed by atoms with Crippen LogP contribution in [0.15, 0.2) is 41.3 Å². The third kappa shape index (κ3) is 5.27. The zero-order valence-corrected chi connectivity index (χ0v) is 20.1. The van der Waals surface area contributed by atoms with Gasteiger partial charge in [-0.25, -0.2) is 13.2 Å². The van der Waals surface area contributed by atoms with Gasteiger partial charge in [-0.05, 0) is 17.2 Å². The first-order chi connectivity index (χ1) is 15.6. The molecule has 3 aromatic rings. The highest BCUT2D eigenvalue weighted by Crippen LogP contribution is 2.34. The van der Waals surface area contributed by atoms with Gasteiger partial charge in [0.1, 0.15) is 0 Å². The van der Waals surface area contributed by atoms with Crippen LogP contribution in [-0.4, -0.2) is 65.8 Å². The summed E-state index contributed by atoms with van der Waals surface area (Å²) in [6.07, 6.45) is 2.00. The molecule has 1 amide bonds. The van der Waals surface area contributed by atoms with Gasteiger partial charge in [-0.1, -0.05) is 24.3 Å². The van der Waals surface area contributed by atoms with E-state index in [-0.39, 0.29) is 12.1 Å². The number of nitrogens with one attached hydrogen (secondary N) is 1. The van der Waals surface area contributed by atoms with E-state index in [1.165, 1.54) is 10.6 Å². The van der Waals surface area contributed by atoms with Crippen molar-refractivity contribution in [3.8, 4) is 11.1 Å². The van der Waals surface area contributed by atoms with Gasteiger partial charge in [0.15, 0.2) is 0 Å². The summed E-state index contributed by atoms with van der Waals surface area (Å²) < 4.78 is 27.5. The zero-order chi connectivity index (χ0) is 23.8. The minimum absolute atomic E-state index is 0.0552. The Morgan fingerprint density at radius 2 is 1.82 bits per heavy atom. The highest BCUT2D eigenvalue weighted by molar-refractivity contribution is 7.88. The number of aromatic nitrogens is 1. The molecule has 1 saturated heterocycles. The number of hydrogen-bond acceptors (Lipinski definition) is 6. The molecule has 0 saturated carbocycles. The first-order valence-electron chi connectivity index (χ1n) is 10.5. The molecule has 2 aromatic heterocycles. The molecule has 1 aliphatic rings. The molecular weight excluding hydrogens is 464 g/mol. The van der Waals surface area contributed by atoms with Crippen molar-refractivity contribution < 1.29 is 18.3 Å².